The summed E-state index contributed by atoms with van der Waals surface area (Å²) in [5, 5.41) is 6.05. The maximum atomic E-state index is 13.1. The van der Waals surface area contributed by atoms with Gasteiger partial charge in [0, 0.05) is 18.8 Å². The predicted octanol–water partition coefficient (Wildman–Crippen LogP) is 2.70. The van der Waals surface area contributed by atoms with Crippen molar-refractivity contribution in [3.05, 3.63) is 30.1 Å². The number of rotatable bonds is 5. The average molecular weight is 294 g/mol. The number of hydrogen-bond donors (Lipinski definition) is 2. The third-order valence-corrected chi connectivity index (χ3v) is 3.95. The normalized spacial score (nSPS) is 23.6. The Kier molecular flexibility index (Phi) is 5.70. The molecule has 1 aromatic rings. The van der Waals surface area contributed by atoms with Crippen molar-refractivity contribution in [3.63, 3.8) is 0 Å². The summed E-state index contributed by atoms with van der Waals surface area (Å²) < 4.78 is 18.6. The Bertz CT molecular complexity index is 481. The molecule has 0 aliphatic heterocycles. The van der Waals surface area contributed by atoms with Crippen molar-refractivity contribution in [2.75, 3.05) is 12.4 Å². The molecular weight excluding hydrogens is 271 g/mol. The van der Waals surface area contributed by atoms with Crippen LogP contribution in [0.4, 0.5) is 10.1 Å². The van der Waals surface area contributed by atoms with E-state index in [1.165, 1.54) is 18.6 Å². The molecular formula is C16H23FN2O2. The number of amides is 1. The SMILES string of the molecule is COC1CCCCC1NC(C)C(=O)Nc1cccc(F)c1. The molecule has 2 N–H and O–H groups in total. The zero-order valence-corrected chi connectivity index (χ0v) is 12.6. The summed E-state index contributed by atoms with van der Waals surface area (Å²) in [5.41, 5.74) is 0.473. The maximum Gasteiger partial charge on any atom is 0.241 e. The molecule has 1 saturated carbocycles. The number of benzene rings is 1. The van der Waals surface area contributed by atoms with Crippen molar-refractivity contribution in [2.24, 2.45) is 0 Å². The molecule has 116 valence electrons. The molecule has 0 bridgehead atoms. The van der Waals surface area contributed by atoms with Crippen molar-refractivity contribution >= 4 is 11.6 Å². The molecule has 3 unspecified atom stereocenters. The summed E-state index contributed by atoms with van der Waals surface area (Å²) in [6.07, 6.45) is 4.50. The minimum Gasteiger partial charge on any atom is -0.380 e. The Morgan fingerprint density at radius 2 is 2.14 bits per heavy atom. The van der Waals surface area contributed by atoms with Crippen molar-refractivity contribution < 1.29 is 13.9 Å². The zero-order valence-electron chi connectivity index (χ0n) is 12.6. The zero-order chi connectivity index (χ0) is 15.2. The van der Waals surface area contributed by atoms with Crippen LogP contribution < -0.4 is 10.6 Å². The Balaban J connectivity index is 1.90. The average Bonchev–Trinajstić information content (AvgIpc) is 2.47. The van der Waals surface area contributed by atoms with Gasteiger partial charge in [0.2, 0.25) is 5.91 Å². The standard InChI is InChI=1S/C16H23FN2O2/c1-11(18-14-8-3-4-9-15(14)21-2)16(20)19-13-7-5-6-12(17)10-13/h5-7,10-11,14-15,18H,3-4,8-9H2,1-2H3,(H,19,20). The van der Waals surface area contributed by atoms with Gasteiger partial charge in [-0.1, -0.05) is 18.9 Å². The highest BCUT2D eigenvalue weighted by atomic mass is 19.1. The van der Waals surface area contributed by atoms with Crippen molar-refractivity contribution in [2.45, 2.75) is 50.8 Å². The molecule has 5 heteroatoms. The van der Waals surface area contributed by atoms with Crippen LogP contribution in [-0.2, 0) is 9.53 Å². The molecule has 1 amide bonds. The first-order valence-electron chi connectivity index (χ1n) is 7.45. The van der Waals surface area contributed by atoms with Gasteiger partial charge in [-0.2, -0.15) is 0 Å². The van der Waals surface area contributed by atoms with E-state index in [4.69, 9.17) is 4.74 Å². The Labute approximate surface area is 125 Å². The van der Waals surface area contributed by atoms with Gasteiger partial charge in [-0.05, 0) is 38.0 Å². The van der Waals surface area contributed by atoms with E-state index in [-0.39, 0.29) is 29.9 Å². The van der Waals surface area contributed by atoms with Crippen LogP contribution in [0.5, 0.6) is 0 Å². The minimum absolute atomic E-state index is 0.156. The highest BCUT2D eigenvalue weighted by Gasteiger charge is 2.27. The smallest absolute Gasteiger partial charge is 0.241 e. The number of carbonyl (C=O) groups excluding carboxylic acids is 1. The minimum atomic E-state index is -0.361. The largest absolute Gasteiger partial charge is 0.380 e. The van der Waals surface area contributed by atoms with Crippen molar-refractivity contribution in [3.8, 4) is 0 Å². The summed E-state index contributed by atoms with van der Waals surface area (Å²) in [5.74, 6) is -0.527. The van der Waals surface area contributed by atoms with Crippen LogP contribution in [0.2, 0.25) is 0 Å². The molecule has 1 fully saturated rings. The lowest BCUT2D eigenvalue weighted by Gasteiger charge is -2.33. The summed E-state index contributed by atoms with van der Waals surface area (Å²) in [7, 11) is 1.71. The van der Waals surface area contributed by atoms with Gasteiger partial charge in [-0.15, -0.1) is 0 Å². The summed E-state index contributed by atoms with van der Waals surface area (Å²) in [6, 6.07) is 5.74. The first-order chi connectivity index (χ1) is 10.1. The number of halogens is 1. The fraction of sp³-hybridized carbons (Fsp3) is 0.562. The highest BCUT2D eigenvalue weighted by Crippen LogP contribution is 2.21. The monoisotopic (exact) mass is 294 g/mol. The third-order valence-electron chi connectivity index (χ3n) is 3.95. The van der Waals surface area contributed by atoms with Gasteiger partial charge in [0.15, 0.2) is 0 Å². The van der Waals surface area contributed by atoms with Crippen LogP contribution in [0.1, 0.15) is 32.6 Å². The van der Waals surface area contributed by atoms with Crippen LogP contribution in [0.25, 0.3) is 0 Å². The topological polar surface area (TPSA) is 50.4 Å². The van der Waals surface area contributed by atoms with E-state index in [0.29, 0.717) is 5.69 Å². The van der Waals surface area contributed by atoms with E-state index in [2.05, 4.69) is 10.6 Å². The molecule has 0 heterocycles. The lowest BCUT2D eigenvalue weighted by atomic mass is 9.92. The number of hydrogen-bond acceptors (Lipinski definition) is 3. The van der Waals surface area contributed by atoms with E-state index < -0.39 is 0 Å². The van der Waals surface area contributed by atoms with Crippen LogP contribution >= 0.6 is 0 Å². The summed E-state index contributed by atoms with van der Waals surface area (Å²) >= 11 is 0. The molecule has 0 radical (unpaired) electrons. The van der Waals surface area contributed by atoms with Crippen LogP contribution in [0, 0.1) is 5.82 Å². The molecule has 21 heavy (non-hydrogen) atoms. The fourth-order valence-electron chi connectivity index (χ4n) is 2.78. The molecule has 4 nitrogen and oxygen atoms in total. The van der Waals surface area contributed by atoms with Crippen molar-refractivity contribution in [1.82, 2.24) is 5.32 Å². The highest BCUT2D eigenvalue weighted by molar-refractivity contribution is 5.94. The van der Waals surface area contributed by atoms with Gasteiger partial charge in [-0.25, -0.2) is 4.39 Å². The number of ether oxygens (including phenoxy) is 1. The van der Waals surface area contributed by atoms with Gasteiger partial charge < -0.3 is 15.4 Å². The van der Waals surface area contributed by atoms with Gasteiger partial charge in [0.1, 0.15) is 5.82 Å². The van der Waals surface area contributed by atoms with E-state index in [1.54, 1.807) is 19.2 Å². The predicted molar refractivity (Wildman–Crippen MR) is 80.7 cm³/mol. The lowest BCUT2D eigenvalue weighted by molar-refractivity contribution is -0.118. The molecule has 1 aliphatic carbocycles. The maximum absolute atomic E-state index is 13.1. The number of anilines is 1. The van der Waals surface area contributed by atoms with Gasteiger partial charge >= 0.3 is 0 Å². The molecule has 1 aliphatic rings. The molecule has 3 atom stereocenters. The second-order valence-electron chi connectivity index (χ2n) is 5.55. The van der Waals surface area contributed by atoms with Gasteiger partial charge in [0.05, 0.1) is 12.1 Å². The number of carbonyl (C=O) groups is 1. The van der Waals surface area contributed by atoms with Crippen LogP contribution in [-0.4, -0.2) is 31.2 Å². The lowest BCUT2D eigenvalue weighted by Crippen LogP contribution is -2.50. The number of methoxy groups -OCH3 is 1. The first kappa shape index (κ1) is 15.9. The molecule has 0 saturated heterocycles. The Morgan fingerprint density at radius 3 is 2.86 bits per heavy atom. The van der Waals surface area contributed by atoms with E-state index in [9.17, 15) is 9.18 Å². The second kappa shape index (κ2) is 7.52. The van der Waals surface area contributed by atoms with Crippen LogP contribution in [0.3, 0.4) is 0 Å². The first-order valence-corrected chi connectivity index (χ1v) is 7.45. The Morgan fingerprint density at radius 1 is 1.38 bits per heavy atom. The molecule has 0 aromatic heterocycles. The van der Waals surface area contributed by atoms with Gasteiger partial charge in [-0.3, -0.25) is 4.79 Å². The summed E-state index contributed by atoms with van der Waals surface area (Å²) in [6.45, 7) is 1.82. The number of nitrogens with one attached hydrogen (secondary N) is 2. The fourth-order valence-corrected chi connectivity index (χ4v) is 2.78. The summed E-state index contributed by atoms with van der Waals surface area (Å²) in [4.78, 5) is 12.2. The quantitative estimate of drug-likeness (QED) is 0.878. The van der Waals surface area contributed by atoms with Gasteiger partial charge in [0.25, 0.3) is 0 Å². The van der Waals surface area contributed by atoms with E-state index >= 15 is 0 Å². The van der Waals surface area contributed by atoms with Crippen LogP contribution in [0.15, 0.2) is 24.3 Å². The molecule has 2 rings (SSSR count). The third kappa shape index (κ3) is 4.51. The van der Waals surface area contributed by atoms with Crippen molar-refractivity contribution in [1.29, 1.82) is 0 Å². The molecule has 1 aromatic carbocycles. The van der Waals surface area contributed by atoms with E-state index in [0.717, 1.165) is 19.3 Å². The Hall–Kier alpha value is -1.46. The second-order valence-corrected chi connectivity index (χ2v) is 5.55. The molecule has 0 spiro atoms. The van der Waals surface area contributed by atoms with E-state index in [1.807, 2.05) is 6.92 Å².